The molecule has 0 bridgehead atoms. The lowest BCUT2D eigenvalue weighted by atomic mass is 10.00. The molecule has 2 fully saturated rings. The minimum atomic E-state index is -0.913. The van der Waals surface area contributed by atoms with Crippen molar-refractivity contribution in [3.8, 4) is 0 Å². The molecule has 7 heteroatoms. The van der Waals surface area contributed by atoms with Gasteiger partial charge >= 0.3 is 12.0 Å². The van der Waals surface area contributed by atoms with Crippen LogP contribution in [0.25, 0.3) is 0 Å². The van der Waals surface area contributed by atoms with Gasteiger partial charge < -0.3 is 24.4 Å². The Labute approximate surface area is 124 Å². The molecule has 2 rings (SSSR count). The van der Waals surface area contributed by atoms with Gasteiger partial charge in [-0.3, -0.25) is 4.79 Å². The summed E-state index contributed by atoms with van der Waals surface area (Å²) in [6.45, 7) is 2.63. The Balaban J connectivity index is 1.89. The molecular formula is C14H24N2O5. The van der Waals surface area contributed by atoms with Crippen molar-refractivity contribution >= 4 is 12.0 Å². The van der Waals surface area contributed by atoms with Gasteiger partial charge in [-0.2, -0.15) is 0 Å². The van der Waals surface area contributed by atoms with Crippen molar-refractivity contribution in [2.24, 2.45) is 11.8 Å². The fourth-order valence-electron chi connectivity index (χ4n) is 2.97. The first-order valence-electron chi connectivity index (χ1n) is 7.37. The van der Waals surface area contributed by atoms with Crippen LogP contribution in [0.3, 0.4) is 0 Å². The van der Waals surface area contributed by atoms with E-state index in [0.717, 1.165) is 26.1 Å². The molecule has 7 nitrogen and oxygen atoms in total. The van der Waals surface area contributed by atoms with Gasteiger partial charge in [-0.05, 0) is 18.8 Å². The van der Waals surface area contributed by atoms with E-state index < -0.39 is 17.9 Å². The SMILES string of the molecule is CN(CC1CCOCC1)C(=O)N(C)C1COCC1C(=O)O. The first kappa shape index (κ1) is 16.0. The van der Waals surface area contributed by atoms with E-state index in [0.29, 0.717) is 12.5 Å². The normalized spacial score (nSPS) is 26.6. The summed E-state index contributed by atoms with van der Waals surface area (Å²) in [4.78, 5) is 26.8. The number of carboxylic acid groups (broad SMARTS) is 1. The van der Waals surface area contributed by atoms with E-state index in [1.54, 1.807) is 19.0 Å². The summed E-state index contributed by atoms with van der Waals surface area (Å²) in [7, 11) is 3.41. The van der Waals surface area contributed by atoms with Gasteiger partial charge in [0.25, 0.3) is 0 Å². The Kier molecular flexibility index (Phi) is 5.41. The molecule has 0 aliphatic carbocycles. The molecule has 2 unspecified atom stereocenters. The molecule has 0 aromatic heterocycles. The number of carbonyl (C=O) groups is 2. The second-order valence-electron chi connectivity index (χ2n) is 5.88. The third kappa shape index (κ3) is 3.85. The maximum absolute atomic E-state index is 12.4. The number of urea groups is 1. The highest BCUT2D eigenvalue weighted by molar-refractivity contribution is 5.77. The highest BCUT2D eigenvalue weighted by Crippen LogP contribution is 2.21. The average Bonchev–Trinajstić information content (AvgIpc) is 2.96. The number of likely N-dealkylation sites (N-methyl/N-ethyl adjacent to an activating group) is 1. The number of nitrogens with zero attached hydrogens (tertiary/aromatic N) is 2. The highest BCUT2D eigenvalue weighted by Gasteiger charge is 2.39. The summed E-state index contributed by atoms with van der Waals surface area (Å²) >= 11 is 0. The molecule has 0 radical (unpaired) electrons. The maximum Gasteiger partial charge on any atom is 0.319 e. The predicted octanol–water partition coefficient (Wildman–Crippen LogP) is 0.496. The second kappa shape index (κ2) is 7.09. The third-order valence-electron chi connectivity index (χ3n) is 4.37. The zero-order chi connectivity index (χ0) is 15.4. The molecular weight excluding hydrogens is 276 g/mol. The summed E-state index contributed by atoms with van der Waals surface area (Å²) in [6, 6.07) is -0.546. The van der Waals surface area contributed by atoms with Crippen LogP contribution in [0.4, 0.5) is 4.79 Å². The highest BCUT2D eigenvalue weighted by atomic mass is 16.5. The summed E-state index contributed by atoms with van der Waals surface area (Å²) < 4.78 is 10.5. The van der Waals surface area contributed by atoms with Gasteiger partial charge in [-0.25, -0.2) is 4.79 Å². The van der Waals surface area contributed by atoms with Crippen LogP contribution in [0.15, 0.2) is 0 Å². The van der Waals surface area contributed by atoms with Gasteiger partial charge in [-0.15, -0.1) is 0 Å². The van der Waals surface area contributed by atoms with Gasteiger partial charge in [0.05, 0.1) is 19.3 Å². The van der Waals surface area contributed by atoms with Crippen LogP contribution in [0.5, 0.6) is 0 Å². The maximum atomic E-state index is 12.4. The van der Waals surface area contributed by atoms with Gasteiger partial charge in [0.2, 0.25) is 0 Å². The Bertz CT molecular complexity index is 384. The van der Waals surface area contributed by atoms with Crippen molar-refractivity contribution in [2.45, 2.75) is 18.9 Å². The van der Waals surface area contributed by atoms with E-state index in [9.17, 15) is 9.59 Å². The smallest absolute Gasteiger partial charge is 0.319 e. The quantitative estimate of drug-likeness (QED) is 0.817. The molecule has 2 heterocycles. The standard InChI is InChI=1S/C14H24N2O5/c1-15(7-10-3-5-20-6-4-10)14(19)16(2)12-9-21-8-11(12)13(17)18/h10-12H,3-9H2,1-2H3,(H,17,18). The largest absolute Gasteiger partial charge is 0.481 e. The van der Waals surface area contributed by atoms with Crippen molar-refractivity contribution in [1.82, 2.24) is 9.80 Å². The van der Waals surface area contributed by atoms with E-state index >= 15 is 0 Å². The van der Waals surface area contributed by atoms with Crippen LogP contribution in [-0.4, -0.2) is 80.0 Å². The molecule has 1 N–H and O–H groups in total. The topological polar surface area (TPSA) is 79.3 Å². The molecule has 0 aromatic carbocycles. The molecule has 0 aromatic rings. The number of rotatable bonds is 4. The molecule has 21 heavy (non-hydrogen) atoms. The Morgan fingerprint density at radius 3 is 2.43 bits per heavy atom. The molecule has 2 saturated heterocycles. The summed E-state index contributed by atoms with van der Waals surface area (Å²) in [5, 5.41) is 9.17. The summed E-state index contributed by atoms with van der Waals surface area (Å²) in [5.74, 6) is -1.10. The lowest BCUT2D eigenvalue weighted by molar-refractivity contribution is -0.142. The van der Waals surface area contributed by atoms with Gasteiger partial charge in [-0.1, -0.05) is 0 Å². The predicted molar refractivity (Wildman–Crippen MR) is 75.1 cm³/mol. The second-order valence-corrected chi connectivity index (χ2v) is 5.88. The average molecular weight is 300 g/mol. The Hall–Kier alpha value is -1.34. The van der Waals surface area contributed by atoms with Crippen LogP contribution in [0, 0.1) is 11.8 Å². The molecule has 0 saturated carbocycles. The molecule has 2 amide bonds. The van der Waals surface area contributed by atoms with Crippen molar-refractivity contribution < 1.29 is 24.2 Å². The Morgan fingerprint density at radius 1 is 1.14 bits per heavy atom. The van der Waals surface area contributed by atoms with Gasteiger partial charge in [0, 0.05) is 33.9 Å². The van der Waals surface area contributed by atoms with Crippen LogP contribution in [-0.2, 0) is 14.3 Å². The van der Waals surface area contributed by atoms with Gasteiger partial charge in [0.15, 0.2) is 0 Å². The first-order chi connectivity index (χ1) is 10.0. The number of hydrogen-bond acceptors (Lipinski definition) is 4. The molecule has 120 valence electrons. The number of ether oxygens (including phenoxy) is 2. The lowest BCUT2D eigenvalue weighted by Crippen LogP contribution is -2.50. The molecule has 2 aliphatic heterocycles. The summed E-state index contributed by atoms with van der Waals surface area (Å²) in [5.41, 5.74) is 0. The molecule has 2 aliphatic rings. The van der Waals surface area contributed by atoms with Crippen LogP contribution >= 0.6 is 0 Å². The van der Waals surface area contributed by atoms with Gasteiger partial charge in [0.1, 0.15) is 5.92 Å². The van der Waals surface area contributed by atoms with E-state index in [1.807, 2.05) is 0 Å². The number of amides is 2. The van der Waals surface area contributed by atoms with Crippen molar-refractivity contribution in [3.05, 3.63) is 0 Å². The third-order valence-corrected chi connectivity index (χ3v) is 4.37. The zero-order valence-electron chi connectivity index (χ0n) is 12.7. The fraction of sp³-hybridized carbons (Fsp3) is 0.857. The first-order valence-corrected chi connectivity index (χ1v) is 7.37. The van der Waals surface area contributed by atoms with Crippen LogP contribution in [0.1, 0.15) is 12.8 Å². The van der Waals surface area contributed by atoms with E-state index in [2.05, 4.69) is 0 Å². The zero-order valence-corrected chi connectivity index (χ0v) is 12.7. The number of carbonyl (C=O) groups excluding carboxylic acids is 1. The number of carboxylic acids is 1. The summed E-state index contributed by atoms with van der Waals surface area (Å²) in [6.07, 6.45) is 1.93. The minimum Gasteiger partial charge on any atom is -0.481 e. The number of hydrogen-bond donors (Lipinski definition) is 1. The van der Waals surface area contributed by atoms with Crippen molar-refractivity contribution in [3.63, 3.8) is 0 Å². The lowest BCUT2D eigenvalue weighted by Gasteiger charge is -2.33. The number of aliphatic carboxylic acids is 1. The minimum absolute atomic E-state index is 0.150. The fourth-order valence-corrected chi connectivity index (χ4v) is 2.97. The van der Waals surface area contributed by atoms with E-state index in [4.69, 9.17) is 14.6 Å². The van der Waals surface area contributed by atoms with Crippen molar-refractivity contribution in [2.75, 3.05) is 47.1 Å². The molecule has 2 atom stereocenters. The van der Waals surface area contributed by atoms with Crippen molar-refractivity contribution in [1.29, 1.82) is 0 Å². The Morgan fingerprint density at radius 2 is 1.81 bits per heavy atom. The van der Waals surface area contributed by atoms with E-state index in [1.165, 1.54) is 4.90 Å². The molecule has 0 spiro atoms. The van der Waals surface area contributed by atoms with Crippen LogP contribution in [0.2, 0.25) is 0 Å². The van der Waals surface area contributed by atoms with E-state index in [-0.39, 0.29) is 19.2 Å². The van der Waals surface area contributed by atoms with Crippen LogP contribution < -0.4 is 0 Å². The monoisotopic (exact) mass is 300 g/mol.